The molecule has 2 aromatic carbocycles. The maximum atomic E-state index is 13.1. The largest absolute Gasteiger partial charge is 0.369 e. The SMILES string of the molecule is CCC(C)(C)c1cnc2ccccc2c1C(=O)NC(N)=Nc1ccccc1. The van der Waals surface area contributed by atoms with E-state index in [9.17, 15) is 4.79 Å². The van der Waals surface area contributed by atoms with Crippen molar-refractivity contribution in [2.45, 2.75) is 32.6 Å². The molecular formula is C22H24N4O. The van der Waals surface area contributed by atoms with Crippen molar-refractivity contribution < 1.29 is 4.79 Å². The maximum Gasteiger partial charge on any atom is 0.258 e. The first-order valence-corrected chi connectivity index (χ1v) is 9.01. The molecule has 0 atom stereocenters. The summed E-state index contributed by atoms with van der Waals surface area (Å²) < 4.78 is 0. The van der Waals surface area contributed by atoms with Crippen LogP contribution in [0.4, 0.5) is 5.69 Å². The molecule has 0 saturated carbocycles. The summed E-state index contributed by atoms with van der Waals surface area (Å²) in [6, 6.07) is 16.9. The first-order valence-electron chi connectivity index (χ1n) is 9.01. The van der Waals surface area contributed by atoms with Gasteiger partial charge in [0.15, 0.2) is 0 Å². The number of guanidine groups is 1. The Morgan fingerprint density at radius 3 is 2.48 bits per heavy atom. The molecule has 5 heteroatoms. The predicted molar refractivity (Wildman–Crippen MR) is 110 cm³/mol. The number of aliphatic imine (C=N–C) groups is 1. The zero-order valence-electron chi connectivity index (χ0n) is 15.9. The highest BCUT2D eigenvalue weighted by Gasteiger charge is 2.27. The number of amides is 1. The lowest BCUT2D eigenvalue weighted by Gasteiger charge is -2.26. The smallest absolute Gasteiger partial charge is 0.258 e. The molecule has 5 nitrogen and oxygen atoms in total. The molecule has 1 aromatic heterocycles. The third kappa shape index (κ3) is 3.97. The van der Waals surface area contributed by atoms with Gasteiger partial charge in [-0.25, -0.2) is 4.99 Å². The number of hydrogen-bond donors (Lipinski definition) is 2. The van der Waals surface area contributed by atoms with Crippen LogP contribution >= 0.6 is 0 Å². The molecule has 3 aromatic rings. The fraction of sp³-hybridized carbons (Fsp3) is 0.227. The van der Waals surface area contributed by atoms with Crippen LogP contribution in [0.15, 0.2) is 65.8 Å². The molecule has 0 aliphatic carbocycles. The minimum absolute atomic E-state index is 0.0624. The molecule has 27 heavy (non-hydrogen) atoms. The van der Waals surface area contributed by atoms with Crippen molar-refractivity contribution >= 4 is 28.5 Å². The molecule has 3 N–H and O–H groups in total. The van der Waals surface area contributed by atoms with Crippen molar-refractivity contribution in [3.8, 4) is 0 Å². The monoisotopic (exact) mass is 360 g/mol. The summed E-state index contributed by atoms with van der Waals surface area (Å²) in [7, 11) is 0. The molecule has 138 valence electrons. The van der Waals surface area contributed by atoms with Crippen LogP contribution in [0.2, 0.25) is 0 Å². The lowest BCUT2D eigenvalue weighted by molar-refractivity contribution is 0.0976. The van der Waals surface area contributed by atoms with E-state index in [2.05, 4.69) is 36.1 Å². The van der Waals surface area contributed by atoms with E-state index in [0.29, 0.717) is 11.3 Å². The van der Waals surface area contributed by atoms with E-state index in [1.54, 1.807) is 6.20 Å². The van der Waals surface area contributed by atoms with Crippen molar-refractivity contribution in [3.63, 3.8) is 0 Å². The highest BCUT2D eigenvalue weighted by atomic mass is 16.1. The summed E-state index contributed by atoms with van der Waals surface area (Å²) in [5.74, 6) is -0.213. The van der Waals surface area contributed by atoms with E-state index in [0.717, 1.165) is 22.9 Å². The Kier molecular flexibility index (Phi) is 5.21. The van der Waals surface area contributed by atoms with Gasteiger partial charge in [-0.2, -0.15) is 0 Å². The minimum Gasteiger partial charge on any atom is -0.369 e. The molecule has 0 aliphatic rings. The number of nitrogens with two attached hydrogens (primary N) is 1. The second-order valence-corrected chi connectivity index (χ2v) is 7.09. The summed E-state index contributed by atoms with van der Waals surface area (Å²) in [6.45, 7) is 6.32. The number of pyridine rings is 1. The van der Waals surface area contributed by atoms with Gasteiger partial charge >= 0.3 is 0 Å². The number of carbonyl (C=O) groups excluding carboxylic acids is 1. The normalized spacial score (nSPS) is 12.2. The third-order valence-corrected chi connectivity index (χ3v) is 4.86. The molecule has 0 unspecified atom stereocenters. The number of rotatable bonds is 4. The van der Waals surface area contributed by atoms with E-state index in [1.807, 2.05) is 54.6 Å². The molecule has 1 heterocycles. The van der Waals surface area contributed by atoms with Crippen molar-refractivity contribution in [2.75, 3.05) is 0 Å². The van der Waals surface area contributed by atoms with E-state index >= 15 is 0 Å². The fourth-order valence-corrected chi connectivity index (χ4v) is 2.94. The molecule has 0 spiro atoms. The van der Waals surface area contributed by atoms with Gasteiger partial charge in [0.25, 0.3) is 5.91 Å². The molecule has 0 aliphatic heterocycles. The Hall–Kier alpha value is -3.21. The van der Waals surface area contributed by atoms with E-state index in [1.165, 1.54) is 0 Å². The van der Waals surface area contributed by atoms with Gasteiger partial charge in [0.1, 0.15) is 0 Å². The van der Waals surface area contributed by atoms with Crippen LogP contribution in [-0.4, -0.2) is 16.9 Å². The molecule has 0 fully saturated rings. The lowest BCUT2D eigenvalue weighted by Crippen LogP contribution is -2.38. The average molecular weight is 360 g/mol. The maximum absolute atomic E-state index is 13.1. The Balaban J connectivity index is 2.05. The number of para-hydroxylation sites is 2. The summed E-state index contributed by atoms with van der Waals surface area (Å²) >= 11 is 0. The molecule has 3 rings (SSSR count). The number of nitrogens with zero attached hydrogens (tertiary/aromatic N) is 2. The standard InChI is InChI=1S/C22H24N4O/c1-4-22(2,3)17-14-24-18-13-9-8-12-16(18)19(17)20(27)26-21(23)25-15-10-6-5-7-11-15/h5-14H,4H2,1-3H3,(H3,23,25,26,27). The van der Waals surface area contributed by atoms with Crippen LogP contribution in [0.5, 0.6) is 0 Å². The zero-order chi connectivity index (χ0) is 19.4. The number of nitrogens with one attached hydrogen (secondary N) is 1. The van der Waals surface area contributed by atoms with Crippen molar-refractivity contribution in [1.82, 2.24) is 10.3 Å². The van der Waals surface area contributed by atoms with Crippen LogP contribution < -0.4 is 11.1 Å². The quantitative estimate of drug-likeness (QED) is 0.538. The van der Waals surface area contributed by atoms with Gasteiger partial charge in [0.2, 0.25) is 5.96 Å². The van der Waals surface area contributed by atoms with E-state index < -0.39 is 0 Å². The van der Waals surface area contributed by atoms with Crippen molar-refractivity contribution in [2.24, 2.45) is 10.7 Å². The van der Waals surface area contributed by atoms with E-state index in [-0.39, 0.29) is 17.3 Å². The molecule has 0 saturated heterocycles. The molecule has 0 bridgehead atoms. The number of hydrogen-bond acceptors (Lipinski definition) is 3. The number of benzene rings is 2. The van der Waals surface area contributed by atoms with Gasteiger partial charge < -0.3 is 5.73 Å². The molecular weight excluding hydrogens is 336 g/mol. The van der Waals surface area contributed by atoms with Crippen LogP contribution in [0.1, 0.15) is 43.1 Å². The van der Waals surface area contributed by atoms with Crippen LogP contribution in [-0.2, 0) is 5.41 Å². The second kappa shape index (κ2) is 7.58. The van der Waals surface area contributed by atoms with Crippen LogP contribution in [0.3, 0.4) is 0 Å². The van der Waals surface area contributed by atoms with Gasteiger partial charge in [-0.1, -0.05) is 57.2 Å². The topological polar surface area (TPSA) is 80.4 Å². The third-order valence-electron chi connectivity index (χ3n) is 4.86. The number of fused-ring (bicyclic) bond motifs is 1. The Bertz CT molecular complexity index is 994. The summed E-state index contributed by atoms with van der Waals surface area (Å²) in [5, 5.41) is 3.54. The Labute approximate surface area is 159 Å². The summed E-state index contributed by atoms with van der Waals surface area (Å²) in [5.41, 5.74) is 8.73. The average Bonchev–Trinajstić information content (AvgIpc) is 2.67. The first kappa shape index (κ1) is 18.6. The minimum atomic E-state index is -0.276. The summed E-state index contributed by atoms with van der Waals surface area (Å²) in [4.78, 5) is 22.0. The van der Waals surface area contributed by atoms with Gasteiger partial charge in [0, 0.05) is 11.6 Å². The van der Waals surface area contributed by atoms with Gasteiger partial charge in [-0.05, 0) is 35.6 Å². The predicted octanol–water partition coefficient (Wildman–Crippen LogP) is 4.30. The highest BCUT2D eigenvalue weighted by Crippen LogP contribution is 2.32. The number of carbonyl (C=O) groups is 1. The molecule has 0 radical (unpaired) electrons. The number of aromatic nitrogens is 1. The van der Waals surface area contributed by atoms with Crippen LogP contribution in [0.25, 0.3) is 10.9 Å². The van der Waals surface area contributed by atoms with Gasteiger partial charge in [-0.3, -0.25) is 15.1 Å². The first-order chi connectivity index (χ1) is 12.9. The van der Waals surface area contributed by atoms with Gasteiger partial charge in [-0.15, -0.1) is 0 Å². The highest BCUT2D eigenvalue weighted by molar-refractivity contribution is 6.13. The van der Waals surface area contributed by atoms with Crippen molar-refractivity contribution in [1.29, 1.82) is 0 Å². The lowest BCUT2D eigenvalue weighted by atomic mass is 9.79. The Morgan fingerprint density at radius 1 is 1.11 bits per heavy atom. The molecule has 1 amide bonds. The van der Waals surface area contributed by atoms with Crippen molar-refractivity contribution in [3.05, 3.63) is 71.9 Å². The van der Waals surface area contributed by atoms with Gasteiger partial charge in [0.05, 0.1) is 16.8 Å². The second-order valence-electron chi connectivity index (χ2n) is 7.09. The zero-order valence-corrected chi connectivity index (χ0v) is 15.9. The van der Waals surface area contributed by atoms with E-state index in [4.69, 9.17) is 5.73 Å². The Morgan fingerprint density at radius 2 is 1.78 bits per heavy atom. The van der Waals surface area contributed by atoms with Crippen LogP contribution in [0, 0.1) is 0 Å². The summed E-state index contributed by atoms with van der Waals surface area (Å²) in [6.07, 6.45) is 2.67. The fourth-order valence-electron chi connectivity index (χ4n) is 2.94.